The topological polar surface area (TPSA) is 108 Å². The van der Waals surface area contributed by atoms with Crippen LogP contribution in [0.2, 0.25) is 0 Å². The lowest BCUT2D eigenvalue weighted by molar-refractivity contribution is -0.142. The van der Waals surface area contributed by atoms with Crippen molar-refractivity contribution in [2.45, 2.75) is 71.7 Å². The zero-order valence-electron chi connectivity index (χ0n) is 22.6. The lowest BCUT2D eigenvalue weighted by Crippen LogP contribution is -2.54. The Morgan fingerprint density at radius 2 is 1.73 bits per heavy atom. The van der Waals surface area contributed by atoms with Crippen LogP contribution in [0.4, 0.5) is 4.79 Å². The van der Waals surface area contributed by atoms with E-state index in [1.165, 1.54) is 17.0 Å². The zero-order chi connectivity index (χ0) is 27.8. The molecule has 0 aromatic heterocycles. The SMILES string of the molecule is C=CCN(C(=O)C(Cc1ccccc1)NC(=O)OC(C)(C)C)C(C(=O)NC(C)C)c1ccc(O)c(C)c1. The number of nitrogens with one attached hydrogen (secondary N) is 2. The number of alkyl carbamates (subject to hydrolysis) is 1. The van der Waals surface area contributed by atoms with Crippen molar-refractivity contribution < 1.29 is 24.2 Å². The largest absolute Gasteiger partial charge is 0.508 e. The van der Waals surface area contributed by atoms with Gasteiger partial charge in [0.1, 0.15) is 23.4 Å². The van der Waals surface area contributed by atoms with Gasteiger partial charge in [0.25, 0.3) is 0 Å². The van der Waals surface area contributed by atoms with Crippen LogP contribution in [0.5, 0.6) is 5.75 Å². The van der Waals surface area contributed by atoms with Gasteiger partial charge >= 0.3 is 6.09 Å². The monoisotopic (exact) mass is 509 g/mol. The Morgan fingerprint density at radius 1 is 1.08 bits per heavy atom. The highest BCUT2D eigenvalue weighted by Gasteiger charge is 2.36. The molecule has 0 radical (unpaired) electrons. The van der Waals surface area contributed by atoms with Gasteiger partial charge in [0.05, 0.1) is 0 Å². The van der Waals surface area contributed by atoms with Crippen LogP contribution < -0.4 is 10.6 Å². The van der Waals surface area contributed by atoms with E-state index in [2.05, 4.69) is 17.2 Å². The van der Waals surface area contributed by atoms with Gasteiger partial charge in [-0.15, -0.1) is 6.58 Å². The first-order valence-electron chi connectivity index (χ1n) is 12.4. The maximum absolute atomic E-state index is 14.1. The number of hydrogen-bond acceptors (Lipinski definition) is 5. The van der Waals surface area contributed by atoms with E-state index in [1.54, 1.807) is 39.8 Å². The molecule has 2 aromatic carbocycles. The average molecular weight is 510 g/mol. The lowest BCUT2D eigenvalue weighted by Gasteiger charge is -2.34. The Hall–Kier alpha value is -3.81. The van der Waals surface area contributed by atoms with Gasteiger partial charge in [-0.25, -0.2) is 4.79 Å². The Kier molecular flexibility index (Phi) is 10.3. The number of amides is 3. The predicted octanol–water partition coefficient (Wildman–Crippen LogP) is 4.42. The highest BCUT2D eigenvalue weighted by Crippen LogP contribution is 2.27. The Morgan fingerprint density at radius 3 is 2.27 bits per heavy atom. The van der Waals surface area contributed by atoms with E-state index >= 15 is 0 Å². The molecule has 0 aliphatic rings. The zero-order valence-corrected chi connectivity index (χ0v) is 22.6. The van der Waals surface area contributed by atoms with Gasteiger partial charge in [-0.1, -0.05) is 42.5 Å². The molecule has 0 saturated heterocycles. The number of aromatic hydroxyl groups is 1. The highest BCUT2D eigenvalue weighted by molar-refractivity contribution is 5.92. The molecule has 0 aliphatic carbocycles. The molecule has 0 aliphatic heterocycles. The number of ether oxygens (including phenoxy) is 1. The number of phenols is 1. The fraction of sp³-hybridized carbons (Fsp3) is 0.414. The van der Waals surface area contributed by atoms with Crippen LogP contribution in [0.15, 0.2) is 61.2 Å². The molecule has 0 spiro atoms. The molecular weight excluding hydrogens is 470 g/mol. The van der Waals surface area contributed by atoms with Crippen LogP contribution in [-0.2, 0) is 20.7 Å². The van der Waals surface area contributed by atoms with Crippen LogP contribution in [0.1, 0.15) is 57.4 Å². The minimum Gasteiger partial charge on any atom is -0.508 e. The molecule has 37 heavy (non-hydrogen) atoms. The van der Waals surface area contributed by atoms with Gasteiger partial charge < -0.3 is 25.4 Å². The van der Waals surface area contributed by atoms with Crippen molar-refractivity contribution in [1.82, 2.24) is 15.5 Å². The van der Waals surface area contributed by atoms with Crippen LogP contribution in [0.25, 0.3) is 0 Å². The summed E-state index contributed by atoms with van der Waals surface area (Å²) >= 11 is 0. The predicted molar refractivity (Wildman–Crippen MR) is 144 cm³/mol. The third-order valence-corrected chi connectivity index (χ3v) is 5.41. The molecule has 2 atom stereocenters. The average Bonchev–Trinajstić information content (AvgIpc) is 2.79. The summed E-state index contributed by atoms with van der Waals surface area (Å²) in [6, 6.07) is 11.9. The van der Waals surface area contributed by atoms with Gasteiger partial charge in [0.15, 0.2) is 0 Å². The van der Waals surface area contributed by atoms with Crippen molar-refractivity contribution in [3.8, 4) is 5.75 Å². The first kappa shape index (κ1) is 29.4. The number of nitrogens with zero attached hydrogens (tertiary/aromatic N) is 1. The molecule has 0 fully saturated rings. The number of rotatable bonds is 10. The fourth-order valence-corrected chi connectivity index (χ4v) is 3.85. The quantitative estimate of drug-likeness (QED) is 0.411. The molecule has 0 heterocycles. The molecular formula is C29H39N3O5. The van der Waals surface area contributed by atoms with Crippen molar-refractivity contribution in [2.24, 2.45) is 0 Å². The third-order valence-electron chi connectivity index (χ3n) is 5.41. The second kappa shape index (κ2) is 12.9. The normalized spacial score (nSPS) is 12.8. The minimum atomic E-state index is -1.02. The summed E-state index contributed by atoms with van der Waals surface area (Å²) in [7, 11) is 0. The van der Waals surface area contributed by atoms with Crippen LogP contribution in [0.3, 0.4) is 0 Å². The van der Waals surface area contributed by atoms with Crippen LogP contribution >= 0.6 is 0 Å². The first-order chi connectivity index (χ1) is 17.3. The number of carbonyl (C=O) groups is 3. The summed E-state index contributed by atoms with van der Waals surface area (Å²) in [5.41, 5.74) is 1.17. The summed E-state index contributed by atoms with van der Waals surface area (Å²) < 4.78 is 5.42. The third kappa shape index (κ3) is 8.97. The summed E-state index contributed by atoms with van der Waals surface area (Å²) in [5, 5.41) is 15.6. The van der Waals surface area contributed by atoms with Gasteiger partial charge in [-0.2, -0.15) is 0 Å². The molecule has 8 heteroatoms. The molecule has 3 amide bonds. The van der Waals surface area contributed by atoms with E-state index in [0.717, 1.165) is 5.56 Å². The molecule has 3 N–H and O–H groups in total. The number of hydrogen-bond donors (Lipinski definition) is 3. The molecule has 2 unspecified atom stereocenters. The van der Waals surface area contributed by atoms with Gasteiger partial charge in [0.2, 0.25) is 11.8 Å². The second-order valence-corrected chi connectivity index (χ2v) is 10.3. The molecule has 2 rings (SSSR count). The summed E-state index contributed by atoms with van der Waals surface area (Å²) in [6.45, 7) is 14.4. The number of phenolic OH excluding ortho intramolecular Hbond substituents is 1. The van der Waals surface area contributed by atoms with Crippen molar-refractivity contribution in [2.75, 3.05) is 6.54 Å². The van der Waals surface area contributed by atoms with Crippen molar-refractivity contribution in [1.29, 1.82) is 0 Å². The fourth-order valence-electron chi connectivity index (χ4n) is 3.85. The molecule has 200 valence electrons. The molecule has 0 saturated carbocycles. The van der Waals surface area contributed by atoms with Crippen LogP contribution in [-0.4, -0.2) is 52.1 Å². The minimum absolute atomic E-state index is 0.0518. The number of carbonyl (C=O) groups excluding carboxylic acids is 3. The first-order valence-corrected chi connectivity index (χ1v) is 12.4. The molecule has 8 nitrogen and oxygen atoms in total. The van der Waals surface area contributed by atoms with E-state index in [0.29, 0.717) is 11.1 Å². The Balaban J connectivity index is 2.54. The van der Waals surface area contributed by atoms with E-state index < -0.39 is 29.7 Å². The maximum Gasteiger partial charge on any atom is 0.408 e. The van der Waals surface area contributed by atoms with Crippen molar-refractivity contribution >= 4 is 17.9 Å². The number of benzene rings is 2. The summed E-state index contributed by atoms with van der Waals surface area (Å²) in [5.74, 6) is -0.767. The maximum atomic E-state index is 14.1. The smallest absolute Gasteiger partial charge is 0.408 e. The summed E-state index contributed by atoms with van der Waals surface area (Å²) in [6.07, 6.45) is 0.997. The van der Waals surface area contributed by atoms with Gasteiger partial charge in [-0.05, 0) is 70.4 Å². The van der Waals surface area contributed by atoms with Gasteiger partial charge in [0, 0.05) is 19.0 Å². The Labute approximate surface area is 219 Å². The Bertz CT molecular complexity index is 1090. The van der Waals surface area contributed by atoms with E-state index in [4.69, 9.17) is 4.74 Å². The van der Waals surface area contributed by atoms with Crippen molar-refractivity contribution in [3.05, 3.63) is 77.9 Å². The van der Waals surface area contributed by atoms with E-state index in [1.807, 2.05) is 44.2 Å². The number of aryl methyl sites for hydroxylation is 1. The van der Waals surface area contributed by atoms with E-state index in [9.17, 15) is 19.5 Å². The van der Waals surface area contributed by atoms with Gasteiger partial charge in [-0.3, -0.25) is 9.59 Å². The lowest BCUT2D eigenvalue weighted by atomic mass is 9.98. The second-order valence-electron chi connectivity index (χ2n) is 10.3. The standard InChI is InChI=1S/C29H39N3O5/c1-8-16-32(25(26(34)30-19(2)3)22-14-15-24(33)20(4)17-22)27(35)23(18-21-12-10-9-11-13-21)31-28(36)37-29(5,6)7/h8-15,17,19,23,25,33H,1,16,18H2,2-7H3,(H,30,34)(H,31,36). The molecule has 2 aromatic rings. The summed E-state index contributed by atoms with van der Waals surface area (Å²) in [4.78, 5) is 41.6. The van der Waals surface area contributed by atoms with E-state index in [-0.39, 0.29) is 30.7 Å². The highest BCUT2D eigenvalue weighted by atomic mass is 16.6. The van der Waals surface area contributed by atoms with Crippen LogP contribution in [0, 0.1) is 6.92 Å². The molecule has 0 bridgehead atoms. The van der Waals surface area contributed by atoms with Crippen molar-refractivity contribution in [3.63, 3.8) is 0 Å².